The number of amides is 1. The number of hydrogen-bond acceptors (Lipinski definition) is 5. The first-order valence-corrected chi connectivity index (χ1v) is 8.59. The summed E-state index contributed by atoms with van der Waals surface area (Å²) < 4.78 is 5.02. The molecule has 1 aromatic carbocycles. The van der Waals surface area contributed by atoms with Gasteiger partial charge in [-0.2, -0.15) is 0 Å². The molecule has 0 spiro atoms. The van der Waals surface area contributed by atoms with Crippen molar-refractivity contribution in [1.29, 1.82) is 0 Å². The van der Waals surface area contributed by atoms with Gasteiger partial charge in [-0.25, -0.2) is 9.97 Å². The van der Waals surface area contributed by atoms with Gasteiger partial charge in [-0.15, -0.1) is 0 Å². The number of aryl methyl sites for hydroxylation is 1. The summed E-state index contributed by atoms with van der Waals surface area (Å²) in [7, 11) is 1.62. The second-order valence-corrected chi connectivity index (χ2v) is 6.49. The molecular formula is C19H24N4O2. The van der Waals surface area contributed by atoms with E-state index < -0.39 is 5.41 Å². The fourth-order valence-electron chi connectivity index (χ4n) is 3.21. The number of carbonyl (C=O) groups is 1. The van der Waals surface area contributed by atoms with Gasteiger partial charge in [0, 0.05) is 25.5 Å². The third-order valence-electron chi connectivity index (χ3n) is 4.63. The summed E-state index contributed by atoms with van der Waals surface area (Å²) in [5, 5.41) is 6.17. The molecule has 0 saturated carbocycles. The van der Waals surface area contributed by atoms with Crippen LogP contribution in [0.4, 0.5) is 11.6 Å². The van der Waals surface area contributed by atoms with Gasteiger partial charge in [-0.1, -0.05) is 18.2 Å². The standard InChI is InChI=1S/C19H24N4O2/c1-19(17(24)20-11-12-25-2)10-6-7-14-13-21-18(23-16(14)19)22-15-8-4-3-5-9-15/h3-5,8-9,13H,6-7,10-12H2,1-2H3,(H,20,24)(H,21,22,23). The first kappa shape index (κ1) is 17.4. The summed E-state index contributed by atoms with van der Waals surface area (Å²) in [6.45, 7) is 2.96. The van der Waals surface area contributed by atoms with Gasteiger partial charge in [0.05, 0.1) is 17.7 Å². The summed E-state index contributed by atoms with van der Waals surface area (Å²) >= 11 is 0. The van der Waals surface area contributed by atoms with Crippen molar-refractivity contribution >= 4 is 17.5 Å². The highest BCUT2D eigenvalue weighted by atomic mass is 16.5. The molecule has 1 aromatic heterocycles. The molecule has 6 nitrogen and oxygen atoms in total. The zero-order chi connectivity index (χ0) is 17.7. The maximum atomic E-state index is 12.8. The molecule has 0 radical (unpaired) electrons. The molecule has 1 heterocycles. The molecule has 1 aliphatic rings. The predicted molar refractivity (Wildman–Crippen MR) is 96.9 cm³/mol. The Hall–Kier alpha value is -2.47. The number of rotatable bonds is 6. The van der Waals surface area contributed by atoms with Crippen LogP contribution in [0, 0.1) is 0 Å². The lowest BCUT2D eigenvalue weighted by Gasteiger charge is -2.33. The van der Waals surface area contributed by atoms with Crippen LogP contribution in [0.2, 0.25) is 0 Å². The van der Waals surface area contributed by atoms with Crippen LogP contribution in [0.5, 0.6) is 0 Å². The molecule has 0 bridgehead atoms. The molecule has 3 rings (SSSR count). The monoisotopic (exact) mass is 340 g/mol. The number of para-hydroxylation sites is 1. The van der Waals surface area contributed by atoms with Crippen LogP contribution in [0.15, 0.2) is 36.5 Å². The number of anilines is 2. The molecule has 6 heteroatoms. The number of hydrogen-bond donors (Lipinski definition) is 2. The summed E-state index contributed by atoms with van der Waals surface area (Å²) in [5.74, 6) is 0.512. The third kappa shape index (κ3) is 3.79. The van der Waals surface area contributed by atoms with Crippen LogP contribution in [-0.2, 0) is 21.4 Å². The minimum atomic E-state index is -0.641. The Bertz CT molecular complexity index is 735. The summed E-state index contributed by atoms with van der Waals surface area (Å²) in [4.78, 5) is 21.9. The SMILES string of the molecule is COCCNC(=O)C1(C)CCCc2cnc(Nc3ccccc3)nc21. The highest BCUT2D eigenvalue weighted by Crippen LogP contribution is 2.36. The van der Waals surface area contributed by atoms with Crippen LogP contribution in [0.3, 0.4) is 0 Å². The molecule has 0 aliphatic heterocycles. The lowest BCUT2D eigenvalue weighted by molar-refractivity contribution is -0.127. The molecular weight excluding hydrogens is 316 g/mol. The maximum Gasteiger partial charge on any atom is 0.232 e. The van der Waals surface area contributed by atoms with Crippen LogP contribution in [-0.4, -0.2) is 36.1 Å². The Morgan fingerprint density at radius 3 is 2.88 bits per heavy atom. The zero-order valence-corrected chi connectivity index (χ0v) is 14.7. The van der Waals surface area contributed by atoms with E-state index in [0.717, 1.165) is 36.2 Å². The number of methoxy groups -OCH3 is 1. The average Bonchev–Trinajstić information content (AvgIpc) is 2.63. The van der Waals surface area contributed by atoms with Crippen LogP contribution < -0.4 is 10.6 Å². The molecule has 0 fully saturated rings. The van der Waals surface area contributed by atoms with Crippen molar-refractivity contribution in [3.8, 4) is 0 Å². The zero-order valence-electron chi connectivity index (χ0n) is 14.7. The van der Waals surface area contributed by atoms with Crippen molar-refractivity contribution in [1.82, 2.24) is 15.3 Å². The summed E-state index contributed by atoms with van der Waals surface area (Å²) in [5.41, 5.74) is 2.15. The molecule has 2 aromatic rings. The first-order chi connectivity index (χ1) is 12.1. The van der Waals surface area contributed by atoms with E-state index in [9.17, 15) is 4.79 Å². The number of nitrogens with zero attached hydrogens (tertiary/aromatic N) is 2. The van der Waals surface area contributed by atoms with Crippen LogP contribution in [0.25, 0.3) is 0 Å². The van der Waals surface area contributed by atoms with Gasteiger partial charge in [0.15, 0.2) is 0 Å². The Morgan fingerprint density at radius 1 is 1.32 bits per heavy atom. The number of fused-ring (bicyclic) bond motifs is 1. The van der Waals surface area contributed by atoms with Crippen molar-refractivity contribution in [2.75, 3.05) is 25.6 Å². The second kappa shape index (κ2) is 7.61. The fourth-order valence-corrected chi connectivity index (χ4v) is 3.21. The minimum Gasteiger partial charge on any atom is -0.383 e. The molecule has 2 N–H and O–H groups in total. The molecule has 25 heavy (non-hydrogen) atoms. The number of nitrogens with one attached hydrogen (secondary N) is 2. The van der Waals surface area contributed by atoms with Crippen molar-refractivity contribution < 1.29 is 9.53 Å². The predicted octanol–water partition coefficient (Wildman–Crippen LogP) is 2.58. The van der Waals surface area contributed by atoms with E-state index in [-0.39, 0.29) is 5.91 Å². The van der Waals surface area contributed by atoms with Gasteiger partial charge in [-0.3, -0.25) is 4.79 Å². The van der Waals surface area contributed by atoms with Crippen molar-refractivity contribution in [2.24, 2.45) is 0 Å². The van der Waals surface area contributed by atoms with E-state index in [0.29, 0.717) is 19.1 Å². The topological polar surface area (TPSA) is 76.1 Å². The van der Waals surface area contributed by atoms with Gasteiger partial charge < -0.3 is 15.4 Å². The summed E-state index contributed by atoms with van der Waals surface area (Å²) in [6, 6.07) is 9.78. The average molecular weight is 340 g/mol. The van der Waals surface area contributed by atoms with Gasteiger partial charge >= 0.3 is 0 Å². The highest BCUT2D eigenvalue weighted by molar-refractivity contribution is 5.88. The van der Waals surface area contributed by atoms with Gasteiger partial charge in [0.1, 0.15) is 0 Å². The molecule has 1 amide bonds. The molecule has 1 aliphatic carbocycles. The van der Waals surface area contributed by atoms with E-state index in [4.69, 9.17) is 9.72 Å². The van der Waals surface area contributed by atoms with E-state index in [1.54, 1.807) is 7.11 Å². The number of carbonyl (C=O) groups excluding carboxylic acids is 1. The Labute approximate surface area is 148 Å². The van der Waals surface area contributed by atoms with Crippen LogP contribution >= 0.6 is 0 Å². The van der Waals surface area contributed by atoms with E-state index in [2.05, 4.69) is 15.6 Å². The van der Waals surface area contributed by atoms with Crippen molar-refractivity contribution in [3.05, 3.63) is 47.8 Å². The quantitative estimate of drug-likeness (QED) is 0.791. The van der Waals surface area contributed by atoms with E-state index in [1.165, 1.54) is 0 Å². The summed E-state index contributed by atoms with van der Waals surface area (Å²) in [6.07, 6.45) is 4.48. The van der Waals surface area contributed by atoms with Crippen LogP contribution in [0.1, 0.15) is 31.0 Å². The molecule has 1 unspecified atom stereocenters. The third-order valence-corrected chi connectivity index (χ3v) is 4.63. The molecule has 1 atom stereocenters. The Kier molecular flexibility index (Phi) is 5.28. The Balaban J connectivity index is 1.85. The highest BCUT2D eigenvalue weighted by Gasteiger charge is 2.40. The van der Waals surface area contributed by atoms with Crippen molar-refractivity contribution in [2.45, 2.75) is 31.6 Å². The second-order valence-electron chi connectivity index (χ2n) is 6.49. The number of aromatic nitrogens is 2. The van der Waals surface area contributed by atoms with Gasteiger partial charge in [0.2, 0.25) is 11.9 Å². The normalized spacial score (nSPS) is 19.1. The molecule has 0 saturated heterocycles. The van der Waals surface area contributed by atoms with Gasteiger partial charge in [0.25, 0.3) is 0 Å². The van der Waals surface area contributed by atoms with E-state index in [1.807, 2.05) is 43.5 Å². The number of benzene rings is 1. The number of ether oxygens (including phenoxy) is 1. The first-order valence-electron chi connectivity index (χ1n) is 8.59. The van der Waals surface area contributed by atoms with Gasteiger partial charge in [-0.05, 0) is 43.9 Å². The minimum absolute atomic E-state index is 0.00476. The van der Waals surface area contributed by atoms with E-state index >= 15 is 0 Å². The fraction of sp³-hybridized carbons (Fsp3) is 0.421. The lowest BCUT2D eigenvalue weighted by Crippen LogP contribution is -2.46. The smallest absolute Gasteiger partial charge is 0.232 e. The largest absolute Gasteiger partial charge is 0.383 e. The molecule has 132 valence electrons. The van der Waals surface area contributed by atoms with Crippen molar-refractivity contribution in [3.63, 3.8) is 0 Å². The Morgan fingerprint density at radius 2 is 2.12 bits per heavy atom. The lowest BCUT2D eigenvalue weighted by atomic mass is 9.74. The maximum absolute atomic E-state index is 12.8.